The van der Waals surface area contributed by atoms with Crippen LogP contribution in [0.5, 0.6) is 5.75 Å². The van der Waals surface area contributed by atoms with Gasteiger partial charge in [0.05, 0.1) is 31.1 Å². The Morgan fingerprint density at radius 1 is 1.15 bits per heavy atom. The van der Waals surface area contributed by atoms with Crippen LogP contribution in [-0.2, 0) is 11.2 Å². The second-order valence-electron chi connectivity index (χ2n) is 6.35. The van der Waals surface area contributed by atoms with Gasteiger partial charge in [0.1, 0.15) is 12.4 Å². The Kier molecular flexibility index (Phi) is 6.93. The van der Waals surface area contributed by atoms with E-state index in [2.05, 4.69) is 28.5 Å². The van der Waals surface area contributed by atoms with Gasteiger partial charge in [0.25, 0.3) is 0 Å². The van der Waals surface area contributed by atoms with Crippen LogP contribution < -0.4 is 20.3 Å². The highest BCUT2D eigenvalue weighted by Crippen LogP contribution is 2.26. The lowest BCUT2D eigenvalue weighted by Gasteiger charge is -2.30. The van der Waals surface area contributed by atoms with Gasteiger partial charge in [0.2, 0.25) is 0 Å². The van der Waals surface area contributed by atoms with Crippen LogP contribution in [0.2, 0.25) is 0 Å². The smallest absolute Gasteiger partial charge is 0.319 e. The number of carbonyl (C=O) groups excluding carboxylic acids is 1. The van der Waals surface area contributed by atoms with Gasteiger partial charge in [-0.3, -0.25) is 0 Å². The van der Waals surface area contributed by atoms with Crippen LogP contribution in [0.25, 0.3) is 0 Å². The first kappa shape index (κ1) is 19.0. The number of rotatable bonds is 7. The number of nitrogens with zero attached hydrogens (tertiary/aromatic N) is 1. The summed E-state index contributed by atoms with van der Waals surface area (Å²) in [5.41, 5.74) is 3.05. The fourth-order valence-corrected chi connectivity index (χ4v) is 3.01. The lowest BCUT2D eigenvalue weighted by Crippen LogP contribution is -2.37. The number of anilines is 2. The van der Waals surface area contributed by atoms with Crippen LogP contribution in [-0.4, -0.2) is 45.5 Å². The van der Waals surface area contributed by atoms with E-state index in [9.17, 15) is 4.79 Å². The number of benzene rings is 2. The monoisotopic (exact) mass is 369 g/mol. The molecule has 2 aromatic carbocycles. The number of aryl methyl sites for hydroxylation is 1. The van der Waals surface area contributed by atoms with Crippen LogP contribution in [0.4, 0.5) is 16.2 Å². The van der Waals surface area contributed by atoms with Crippen LogP contribution in [0, 0.1) is 0 Å². The van der Waals surface area contributed by atoms with E-state index in [4.69, 9.17) is 9.47 Å². The zero-order valence-electron chi connectivity index (χ0n) is 15.7. The Morgan fingerprint density at radius 2 is 1.96 bits per heavy atom. The van der Waals surface area contributed by atoms with Gasteiger partial charge in [-0.1, -0.05) is 31.2 Å². The number of carbonyl (C=O) groups is 1. The van der Waals surface area contributed by atoms with Crippen molar-refractivity contribution in [3.63, 3.8) is 0 Å². The summed E-state index contributed by atoms with van der Waals surface area (Å²) in [4.78, 5) is 14.5. The molecule has 0 aliphatic carbocycles. The summed E-state index contributed by atoms with van der Waals surface area (Å²) in [5, 5.41) is 5.78. The fraction of sp³-hybridized carbons (Fsp3) is 0.381. The van der Waals surface area contributed by atoms with Gasteiger partial charge < -0.3 is 25.0 Å². The summed E-state index contributed by atoms with van der Waals surface area (Å²) in [5.74, 6) is 0.828. The minimum absolute atomic E-state index is 0.235. The molecule has 0 aromatic heterocycles. The van der Waals surface area contributed by atoms with Crippen LogP contribution in [0.15, 0.2) is 48.5 Å². The summed E-state index contributed by atoms with van der Waals surface area (Å²) in [6.07, 6.45) is 0.973. The zero-order chi connectivity index (χ0) is 18.9. The van der Waals surface area contributed by atoms with Crippen molar-refractivity contribution < 1.29 is 14.3 Å². The SMILES string of the molecule is CCc1cccc(OCCNC(=O)Nc2ccccc2N2CCOCC2)c1. The molecule has 2 aromatic rings. The van der Waals surface area contributed by atoms with E-state index in [1.54, 1.807) is 0 Å². The largest absolute Gasteiger partial charge is 0.492 e. The molecule has 2 N–H and O–H groups in total. The predicted octanol–water partition coefficient (Wildman–Crippen LogP) is 3.29. The van der Waals surface area contributed by atoms with Gasteiger partial charge in [-0.05, 0) is 36.2 Å². The molecule has 0 saturated carbocycles. The van der Waals surface area contributed by atoms with E-state index in [-0.39, 0.29) is 6.03 Å². The Hall–Kier alpha value is -2.73. The summed E-state index contributed by atoms with van der Waals surface area (Å²) >= 11 is 0. The van der Waals surface area contributed by atoms with E-state index < -0.39 is 0 Å². The molecule has 0 unspecified atom stereocenters. The number of para-hydroxylation sites is 2. The standard InChI is InChI=1S/C21H27N3O3/c1-2-17-6-5-7-18(16-17)27-13-10-22-21(25)23-19-8-3-4-9-20(19)24-11-14-26-15-12-24/h3-9,16H,2,10-15H2,1H3,(H2,22,23,25). The molecule has 3 rings (SSSR count). The summed E-state index contributed by atoms with van der Waals surface area (Å²) < 4.78 is 11.1. The van der Waals surface area contributed by atoms with E-state index >= 15 is 0 Å². The van der Waals surface area contributed by atoms with Crippen molar-refractivity contribution in [3.8, 4) is 5.75 Å². The van der Waals surface area contributed by atoms with Crippen LogP contribution >= 0.6 is 0 Å². The average Bonchev–Trinajstić information content (AvgIpc) is 2.72. The second-order valence-corrected chi connectivity index (χ2v) is 6.35. The maximum absolute atomic E-state index is 12.2. The summed E-state index contributed by atoms with van der Waals surface area (Å²) in [7, 11) is 0. The third kappa shape index (κ3) is 5.62. The number of hydrogen-bond acceptors (Lipinski definition) is 4. The Balaban J connectivity index is 1.46. The molecule has 2 amide bonds. The molecule has 1 fully saturated rings. The molecule has 0 spiro atoms. The molecule has 0 radical (unpaired) electrons. The second kappa shape index (κ2) is 9.83. The molecule has 1 aliphatic rings. The topological polar surface area (TPSA) is 62.8 Å². The average molecular weight is 369 g/mol. The van der Waals surface area contributed by atoms with Gasteiger partial charge in [0.15, 0.2) is 0 Å². The first-order valence-corrected chi connectivity index (χ1v) is 9.44. The van der Waals surface area contributed by atoms with Gasteiger partial charge in [0, 0.05) is 13.1 Å². The van der Waals surface area contributed by atoms with E-state index in [0.717, 1.165) is 36.6 Å². The molecule has 144 valence electrons. The minimum Gasteiger partial charge on any atom is -0.492 e. The van der Waals surface area contributed by atoms with Crippen molar-refractivity contribution in [3.05, 3.63) is 54.1 Å². The van der Waals surface area contributed by atoms with Gasteiger partial charge in [-0.15, -0.1) is 0 Å². The van der Waals surface area contributed by atoms with Crippen molar-refractivity contribution in [1.29, 1.82) is 0 Å². The Labute approximate surface area is 160 Å². The Morgan fingerprint density at radius 3 is 2.78 bits per heavy atom. The molecule has 6 nitrogen and oxygen atoms in total. The lowest BCUT2D eigenvalue weighted by atomic mass is 10.2. The van der Waals surface area contributed by atoms with Crippen molar-refractivity contribution in [2.24, 2.45) is 0 Å². The zero-order valence-corrected chi connectivity index (χ0v) is 15.7. The quantitative estimate of drug-likeness (QED) is 0.735. The number of hydrogen-bond donors (Lipinski definition) is 2. The minimum atomic E-state index is -0.235. The molecule has 27 heavy (non-hydrogen) atoms. The van der Waals surface area contributed by atoms with Crippen molar-refractivity contribution in [1.82, 2.24) is 5.32 Å². The maximum Gasteiger partial charge on any atom is 0.319 e. The van der Waals surface area contributed by atoms with Crippen LogP contribution in [0.3, 0.4) is 0 Å². The molecular formula is C21H27N3O3. The maximum atomic E-state index is 12.2. The predicted molar refractivity (Wildman–Crippen MR) is 108 cm³/mol. The van der Waals surface area contributed by atoms with Crippen molar-refractivity contribution >= 4 is 17.4 Å². The van der Waals surface area contributed by atoms with Gasteiger partial charge in [-0.2, -0.15) is 0 Å². The number of amides is 2. The molecule has 1 heterocycles. The third-order valence-corrected chi connectivity index (χ3v) is 4.47. The summed E-state index contributed by atoms with van der Waals surface area (Å²) in [6, 6.07) is 15.6. The van der Waals surface area contributed by atoms with E-state index in [1.807, 2.05) is 42.5 Å². The fourth-order valence-electron chi connectivity index (χ4n) is 3.01. The number of morpholine rings is 1. The third-order valence-electron chi connectivity index (χ3n) is 4.47. The van der Waals surface area contributed by atoms with Crippen LogP contribution in [0.1, 0.15) is 12.5 Å². The molecule has 0 atom stereocenters. The molecule has 1 saturated heterocycles. The van der Waals surface area contributed by atoms with E-state index in [1.165, 1.54) is 5.56 Å². The first-order chi connectivity index (χ1) is 13.3. The molecule has 1 aliphatic heterocycles. The summed E-state index contributed by atoms with van der Waals surface area (Å²) in [6.45, 7) is 6.03. The normalized spacial score (nSPS) is 13.9. The van der Waals surface area contributed by atoms with Crippen molar-refractivity contribution in [2.75, 3.05) is 49.7 Å². The van der Waals surface area contributed by atoms with Gasteiger partial charge in [-0.25, -0.2) is 4.79 Å². The molecular weight excluding hydrogens is 342 g/mol. The lowest BCUT2D eigenvalue weighted by molar-refractivity contribution is 0.123. The highest BCUT2D eigenvalue weighted by Gasteiger charge is 2.15. The van der Waals surface area contributed by atoms with E-state index in [0.29, 0.717) is 26.4 Å². The number of nitrogens with one attached hydrogen (secondary N) is 2. The molecule has 6 heteroatoms. The molecule has 0 bridgehead atoms. The highest BCUT2D eigenvalue weighted by atomic mass is 16.5. The number of urea groups is 1. The number of ether oxygens (including phenoxy) is 2. The Bertz CT molecular complexity index is 745. The highest BCUT2D eigenvalue weighted by molar-refractivity contribution is 5.93. The first-order valence-electron chi connectivity index (χ1n) is 9.44. The van der Waals surface area contributed by atoms with Gasteiger partial charge >= 0.3 is 6.03 Å². The van der Waals surface area contributed by atoms with Crippen molar-refractivity contribution in [2.45, 2.75) is 13.3 Å².